The lowest BCUT2D eigenvalue weighted by Gasteiger charge is -2.26. The highest BCUT2D eigenvalue weighted by Crippen LogP contribution is 2.10. The van der Waals surface area contributed by atoms with Gasteiger partial charge in [-0.15, -0.1) is 0 Å². The number of hydrogen-bond donors (Lipinski definition) is 2. The van der Waals surface area contributed by atoms with Crippen molar-refractivity contribution in [3.8, 4) is 0 Å². The zero-order chi connectivity index (χ0) is 13.5. The van der Waals surface area contributed by atoms with E-state index in [0.717, 1.165) is 44.8 Å². The van der Waals surface area contributed by atoms with Crippen LogP contribution in [0.3, 0.4) is 0 Å². The van der Waals surface area contributed by atoms with Crippen molar-refractivity contribution in [1.29, 1.82) is 0 Å². The van der Waals surface area contributed by atoms with Crippen LogP contribution >= 0.6 is 0 Å². The van der Waals surface area contributed by atoms with Crippen molar-refractivity contribution in [3.05, 3.63) is 29.8 Å². The number of hydrogen-bond acceptors (Lipinski definition) is 3. The van der Waals surface area contributed by atoms with Crippen molar-refractivity contribution in [1.82, 2.24) is 10.2 Å². The van der Waals surface area contributed by atoms with Gasteiger partial charge in [0.25, 0.3) is 0 Å². The highest BCUT2D eigenvalue weighted by atomic mass is 16.1. The summed E-state index contributed by atoms with van der Waals surface area (Å²) in [5.74, 6) is 0.0998. The Hall–Kier alpha value is -1.39. The molecule has 1 aliphatic heterocycles. The van der Waals surface area contributed by atoms with Crippen LogP contribution in [0.25, 0.3) is 0 Å². The molecule has 2 rings (SSSR count). The molecule has 1 saturated heterocycles. The first-order valence-electron chi connectivity index (χ1n) is 7.10. The minimum Gasteiger partial charge on any atom is -0.326 e. The van der Waals surface area contributed by atoms with E-state index < -0.39 is 0 Å². The van der Waals surface area contributed by atoms with Crippen LogP contribution < -0.4 is 10.6 Å². The van der Waals surface area contributed by atoms with Crippen LogP contribution in [-0.2, 0) is 11.2 Å². The molecule has 19 heavy (non-hydrogen) atoms. The Morgan fingerprint density at radius 3 is 2.58 bits per heavy atom. The Balaban J connectivity index is 1.73. The molecular weight excluding hydrogens is 238 g/mol. The summed E-state index contributed by atoms with van der Waals surface area (Å²) in [4.78, 5) is 14.2. The fourth-order valence-corrected chi connectivity index (χ4v) is 2.24. The number of carbonyl (C=O) groups is 1. The van der Waals surface area contributed by atoms with Crippen LogP contribution in [0.5, 0.6) is 0 Å². The fraction of sp³-hybridized carbons (Fsp3) is 0.533. The zero-order valence-electron chi connectivity index (χ0n) is 11.6. The van der Waals surface area contributed by atoms with Gasteiger partial charge in [-0.3, -0.25) is 4.79 Å². The molecule has 0 unspecified atom stereocenters. The van der Waals surface area contributed by atoms with Crippen molar-refractivity contribution in [2.45, 2.75) is 19.8 Å². The van der Waals surface area contributed by atoms with Gasteiger partial charge in [-0.25, -0.2) is 0 Å². The SMILES string of the molecule is CCc1ccc(NC(=O)CCN2CCNCC2)cc1. The van der Waals surface area contributed by atoms with Crippen LogP contribution in [0.1, 0.15) is 18.9 Å². The summed E-state index contributed by atoms with van der Waals surface area (Å²) in [6, 6.07) is 8.07. The number of piperazine rings is 1. The molecule has 1 aromatic rings. The van der Waals surface area contributed by atoms with Gasteiger partial charge in [0.2, 0.25) is 5.91 Å². The molecule has 0 aliphatic carbocycles. The van der Waals surface area contributed by atoms with Gasteiger partial charge < -0.3 is 15.5 Å². The third-order valence-electron chi connectivity index (χ3n) is 3.51. The van der Waals surface area contributed by atoms with Gasteiger partial charge in [-0.2, -0.15) is 0 Å². The molecule has 4 nitrogen and oxygen atoms in total. The molecule has 1 aliphatic rings. The molecule has 0 bridgehead atoms. The fourth-order valence-electron chi connectivity index (χ4n) is 2.24. The summed E-state index contributed by atoms with van der Waals surface area (Å²) in [5.41, 5.74) is 2.18. The lowest BCUT2D eigenvalue weighted by Crippen LogP contribution is -2.44. The average Bonchev–Trinajstić information content (AvgIpc) is 2.47. The van der Waals surface area contributed by atoms with Crippen molar-refractivity contribution in [2.24, 2.45) is 0 Å². The molecule has 1 amide bonds. The number of rotatable bonds is 5. The number of carbonyl (C=O) groups excluding carboxylic acids is 1. The van der Waals surface area contributed by atoms with E-state index in [0.29, 0.717) is 6.42 Å². The van der Waals surface area contributed by atoms with Gasteiger partial charge in [0.1, 0.15) is 0 Å². The third kappa shape index (κ3) is 4.65. The van der Waals surface area contributed by atoms with Gasteiger partial charge in [-0.1, -0.05) is 19.1 Å². The first kappa shape index (κ1) is 14.0. The Morgan fingerprint density at radius 2 is 1.95 bits per heavy atom. The number of amides is 1. The predicted molar refractivity (Wildman–Crippen MR) is 78.4 cm³/mol. The van der Waals surface area contributed by atoms with Gasteiger partial charge >= 0.3 is 0 Å². The number of benzene rings is 1. The van der Waals surface area contributed by atoms with Crippen LogP contribution in [0.2, 0.25) is 0 Å². The lowest BCUT2D eigenvalue weighted by atomic mass is 10.1. The van der Waals surface area contributed by atoms with Crippen molar-refractivity contribution >= 4 is 11.6 Å². The summed E-state index contributed by atoms with van der Waals surface area (Å²) >= 11 is 0. The molecule has 1 fully saturated rings. The molecule has 2 N–H and O–H groups in total. The number of anilines is 1. The molecule has 0 spiro atoms. The molecule has 104 valence electrons. The highest BCUT2D eigenvalue weighted by Gasteiger charge is 2.11. The van der Waals surface area contributed by atoms with E-state index in [1.54, 1.807) is 0 Å². The van der Waals surface area contributed by atoms with Gasteiger partial charge in [0.05, 0.1) is 0 Å². The normalized spacial score (nSPS) is 16.3. The maximum absolute atomic E-state index is 11.9. The molecule has 0 saturated carbocycles. The van der Waals surface area contributed by atoms with E-state index in [4.69, 9.17) is 0 Å². The minimum absolute atomic E-state index is 0.0998. The van der Waals surface area contributed by atoms with Crippen LogP contribution in [0.15, 0.2) is 24.3 Å². The maximum atomic E-state index is 11.9. The molecule has 0 atom stereocenters. The Labute approximate surface area is 115 Å². The van der Waals surface area contributed by atoms with Gasteiger partial charge in [0.15, 0.2) is 0 Å². The molecule has 0 aromatic heterocycles. The second kappa shape index (κ2) is 7.26. The van der Waals surface area contributed by atoms with E-state index in [-0.39, 0.29) is 5.91 Å². The standard InChI is InChI=1S/C15H23N3O/c1-2-13-3-5-14(6-4-13)17-15(19)7-10-18-11-8-16-9-12-18/h3-6,16H,2,7-12H2,1H3,(H,17,19). The topological polar surface area (TPSA) is 44.4 Å². The van der Waals surface area contributed by atoms with Crippen LogP contribution in [0, 0.1) is 0 Å². The Kier molecular flexibility index (Phi) is 5.36. The summed E-state index contributed by atoms with van der Waals surface area (Å²) in [6.07, 6.45) is 1.59. The molecule has 4 heteroatoms. The van der Waals surface area contributed by atoms with Gasteiger partial charge in [-0.05, 0) is 24.1 Å². The first-order chi connectivity index (χ1) is 9.28. The Bertz CT molecular complexity index is 396. The van der Waals surface area contributed by atoms with Gasteiger partial charge in [0, 0.05) is 44.8 Å². The van der Waals surface area contributed by atoms with E-state index in [1.165, 1.54) is 5.56 Å². The summed E-state index contributed by atoms with van der Waals surface area (Å²) in [6.45, 7) is 7.11. The van der Waals surface area contributed by atoms with E-state index in [9.17, 15) is 4.79 Å². The molecular formula is C15H23N3O. The van der Waals surface area contributed by atoms with Crippen LogP contribution in [0.4, 0.5) is 5.69 Å². The molecule has 0 radical (unpaired) electrons. The summed E-state index contributed by atoms with van der Waals surface area (Å²) < 4.78 is 0. The average molecular weight is 261 g/mol. The summed E-state index contributed by atoms with van der Waals surface area (Å²) in [5, 5.41) is 6.26. The highest BCUT2D eigenvalue weighted by molar-refractivity contribution is 5.90. The van der Waals surface area contributed by atoms with Crippen molar-refractivity contribution < 1.29 is 4.79 Å². The Morgan fingerprint density at radius 1 is 1.26 bits per heavy atom. The van der Waals surface area contributed by atoms with Crippen molar-refractivity contribution in [2.75, 3.05) is 38.0 Å². The number of aryl methyl sites for hydroxylation is 1. The number of nitrogens with one attached hydrogen (secondary N) is 2. The first-order valence-corrected chi connectivity index (χ1v) is 7.10. The monoisotopic (exact) mass is 261 g/mol. The second-order valence-corrected chi connectivity index (χ2v) is 4.94. The van der Waals surface area contributed by atoms with Crippen molar-refractivity contribution in [3.63, 3.8) is 0 Å². The van der Waals surface area contributed by atoms with Crippen LogP contribution in [-0.4, -0.2) is 43.5 Å². The zero-order valence-corrected chi connectivity index (χ0v) is 11.6. The van der Waals surface area contributed by atoms with E-state index in [1.807, 2.05) is 12.1 Å². The maximum Gasteiger partial charge on any atom is 0.225 e. The smallest absolute Gasteiger partial charge is 0.225 e. The largest absolute Gasteiger partial charge is 0.326 e. The molecule has 1 aromatic carbocycles. The van der Waals surface area contributed by atoms with E-state index >= 15 is 0 Å². The lowest BCUT2D eigenvalue weighted by molar-refractivity contribution is -0.116. The quantitative estimate of drug-likeness (QED) is 0.844. The molecule has 1 heterocycles. The number of nitrogens with zero attached hydrogens (tertiary/aromatic N) is 1. The minimum atomic E-state index is 0.0998. The third-order valence-corrected chi connectivity index (χ3v) is 3.51. The second-order valence-electron chi connectivity index (χ2n) is 4.94. The predicted octanol–water partition coefficient (Wildman–Crippen LogP) is 1.48. The van der Waals surface area contributed by atoms with E-state index in [2.05, 4.69) is 34.6 Å². The summed E-state index contributed by atoms with van der Waals surface area (Å²) in [7, 11) is 0.